The Hall–Kier alpha value is -0.610. The Morgan fingerprint density at radius 1 is 1.60 bits per heavy atom. The Morgan fingerprint density at radius 3 is 2.93 bits per heavy atom. The standard InChI is InChI=1S/C11H20N2O2/c1-2-11(3-4-11)8-13-10(14)9-7-15-6-5-12-9/h9,12H,2-8H2,1H3,(H,13,14). The van der Waals surface area contributed by atoms with Crippen LogP contribution in [0.15, 0.2) is 0 Å². The zero-order valence-electron chi connectivity index (χ0n) is 9.34. The van der Waals surface area contributed by atoms with Crippen molar-refractivity contribution in [3.63, 3.8) is 0 Å². The third-order valence-electron chi connectivity index (χ3n) is 3.58. The van der Waals surface area contributed by atoms with Gasteiger partial charge in [0.05, 0.1) is 13.2 Å². The van der Waals surface area contributed by atoms with Gasteiger partial charge in [0, 0.05) is 13.1 Å². The van der Waals surface area contributed by atoms with Gasteiger partial charge in [-0.3, -0.25) is 4.79 Å². The van der Waals surface area contributed by atoms with Crippen LogP contribution >= 0.6 is 0 Å². The molecule has 0 aromatic rings. The van der Waals surface area contributed by atoms with Crippen molar-refractivity contribution < 1.29 is 9.53 Å². The van der Waals surface area contributed by atoms with E-state index in [0.29, 0.717) is 18.6 Å². The lowest BCUT2D eigenvalue weighted by molar-refractivity contribution is -0.126. The average molecular weight is 212 g/mol. The molecule has 0 aromatic heterocycles. The van der Waals surface area contributed by atoms with Gasteiger partial charge in [-0.25, -0.2) is 0 Å². The fourth-order valence-electron chi connectivity index (χ4n) is 1.96. The van der Waals surface area contributed by atoms with Crippen LogP contribution in [-0.4, -0.2) is 38.3 Å². The Morgan fingerprint density at radius 2 is 2.40 bits per heavy atom. The Labute approximate surface area is 90.8 Å². The minimum Gasteiger partial charge on any atom is -0.378 e. The van der Waals surface area contributed by atoms with E-state index in [-0.39, 0.29) is 11.9 Å². The third-order valence-corrected chi connectivity index (χ3v) is 3.58. The molecule has 4 heteroatoms. The van der Waals surface area contributed by atoms with E-state index in [1.807, 2.05) is 0 Å². The number of carbonyl (C=O) groups is 1. The number of rotatable bonds is 4. The molecule has 2 N–H and O–H groups in total. The minimum absolute atomic E-state index is 0.0921. The molecule has 1 aliphatic heterocycles. The van der Waals surface area contributed by atoms with Crippen LogP contribution in [0.5, 0.6) is 0 Å². The second-order valence-electron chi connectivity index (χ2n) is 4.65. The van der Waals surface area contributed by atoms with Crippen LogP contribution in [0.4, 0.5) is 0 Å². The van der Waals surface area contributed by atoms with Gasteiger partial charge in [-0.1, -0.05) is 6.92 Å². The molecule has 1 aliphatic carbocycles. The van der Waals surface area contributed by atoms with E-state index in [1.54, 1.807) is 0 Å². The largest absolute Gasteiger partial charge is 0.378 e. The fraction of sp³-hybridized carbons (Fsp3) is 0.909. The van der Waals surface area contributed by atoms with Gasteiger partial charge in [-0.05, 0) is 24.7 Å². The van der Waals surface area contributed by atoms with Crippen molar-refractivity contribution in [1.29, 1.82) is 0 Å². The van der Waals surface area contributed by atoms with E-state index in [1.165, 1.54) is 19.3 Å². The molecule has 1 amide bonds. The van der Waals surface area contributed by atoms with E-state index < -0.39 is 0 Å². The van der Waals surface area contributed by atoms with Crippen molar-refractivity contribution in [3.05, 3.63) is 0 Å². The monoisotopic (exact) mass is 212 g/mol. The molecule has 2 fully saturated rings. The Kier molecular flexibility index (Phi) is 3.26. The second-order valence-corrected chi connectivity index (χ2v) is 4.65. The molecule has 0 spiro atoms. The van der Waals surface area contributed by atoms with Crippen molar-refractivity contribution in [2.24, 2.45) is 5.41 Å². The predicted octanol–water partition coefficient (Wildman–Crippen LogP) is 0.281. The van der Waals surface area contributed by atoms with E-state index in [4.69, 9.17) is 4.74 Å². The summed E-state index contributed by atoms with van der Waals surface area (Å²) in [7, 11) is 0. The third kappa shape index (κ3) is 2.69. The maximum Gasteiger partial charge on any atom is 0.239 e. The maximum atomic E-state index is 11.7. The second kappa shape index (κ2) is 4.49. The summed E-state index contributed by atoms with van der Waals surface area (Å²) in [5, 5.41) is 6.18. The van der Waals surface area contributed by atoms with Gasteiger partial charge in [0.2, 0.25) is 5.91 Å². The zero-order valence-corrected chi connectivity index (χ0v) is 9.34. The molecule has 15 heavy (non-hydrogen) atoms. The predicted molar refractivity (Wildman–Crippen MR) is 57.6 cm³/mol. The summed E-state index contributed by atoms with van der Waals surface area (Å²) in [6.45, 7) is 5.02. The first-order valence-corrected chi connectivity index (χ1v) is 5.85. The molecule has 2 aliphatic rings. The van der Waals surface area contributed by atoms with Gasteiger partial charge >= 0.3 is 0 Å². The van der Waals surface area contributed by atoms with Crippen LogP contribution in [0.25, 0.3) is 0 Å². The van der Waals surface area contributed by atoms with Gasteiger partial charge in [-0.15, -0.1) is 0 Å². The molecule has 1 saturated carbocycles. The average Bonchev–Trinajstić information content (AvgIpc) is 3.08. The zero-order chi connectivity index (χ0) is 10.7. The van der Waals surface area contributed by atoms with E-state index >= 15 is 0 Å². The molecule has 4 nitrogen and oxygen atoms in total. The first-order chi connectivity index (χ1) is 7.26. The van der Waals surface area contributed by atoms with Crippen LogP contribution in [0.1, 0.15) is 26.2 Å². The summed E-state index contributed by atoms with van der Waals surface area (Å²) >= 11 is 0. The van der Waals surface area contributed by atoms with Gasteiger partial charge in [0.1, 0.15) is 6.04 Å². The van der Waals surface area contributed by atoms with E-state index in [9.17, 15) is 4.79 Å². The highest BCUT2D eigenvalue weighted by molar-refractivity contribution is 5.82. The quantitative estimate of drug-likeness (QED) is 0.704. The number of carbonyl (C=O) groups excluding carboxylic acids is 1. The van der Waals surface area contributed by atoms with Crippen molar-refractivity contribution >= 4 is 5.91 Å². The number of ether oxygens (including phenoxy) is 1. The lowest BCUT2D eigenvalue weighted by atomic mass is 10.0. The highest BCUT2D eigenvalue weighted by Crippen LogP contribution is 2.47. The minimum atomic E-state index is -0.147. The summed E-state index contributed by atoms with van der Waals surface area (Å²) < 4.78 is 5.25. The summed E-state index contributed by atoms with van der Waals surface area (Å²) in [5.74, 6) is 0.0921. The normalized spacial score (nSPS) is 28.5. The number of nitrogens with one attached hydrogen (secondary N) is 2. The molecule has 86 valence electrons. The van der Waals surface area contributed by atoms with Crippen LogP contribution in [0, 0.1) is 5.41 Å². The first-order valence-electron chi connectivity index (χ1n) is 5.85. The number of hydrogen-bond donors (Lipinski definition) is 2. The number of morpholine rings is 1. The molecule has 1 unspecified atom stereocenters. The lowest BCUT2D eigenvalue weighted by Gasteiger charge is -2.24. The number of hydrogen-bond acceptors (Lipinski definition) is 3. The van der Waals surface area contributed by atoms with Crippen molar-refractivity contribution in [2.45, 2.75) is 32.2 Å². The maximum absolute atomic E-state index is 11.7. The van der Waals surface area contributed by atoms with Gasteiger partial charge < -0.3 is 15.4 Å². The first kappa shape index (κ1) is 10.9. The summed E-state index contributed by atoms with van der Waals surface area (Å²) in [4.78, 5) is 11.7. The van der Waals surface area contributed by atoms with Gasteiger partial charge in [-0.2, -0.15) is 0 Å². The molecular formula is C11H20N2O2. The highest BCUT2D eigenvalue weighted by Gasteiger charge is 2.41. The summed E-state index contributed by atoms with van der Waals surface area (Å²) in [5.41, 5.74) is 0.422. The molecule has 1 atom stereocenters. The summed E-state index contributed by atoms with van der Waals surface area (Å²) in [6.07, 6.45) is 3.69. The molecule has 0 bridgehead atoms. The van der Waals surface area contributed by atoms with Crippen LogP contribution < -0.4 is 10.6 Å². The Bertz CT molecular complexity index is 233. The molecule has 0 aromatic carbocycles. The van der Waals surface area contributed by atoms with E-state index in [0.717, 1.165) is 13.1 Å². The number of amides is 1. The smallest absolute Gasteiger partial charge is 0.239 e. The topological polar surface area (TPSA) is 50.4 Å². The van der Waals surface area contributed by atoms with E-state index in [2.05, 4.69) is 17.6 Å². The van der Waals surface area contributed by atoms with Crippen molar-refractivity contribution in [1.82, 2.24) is 10.6 Å². The highest BCUT2D eigenvalue weighted by atomic mass is 16.5. The van der Waals surface area contributed by atoms with Crippen molar-refractivity contribution in [3.8, 4) is 0 Å². The van der Waals surface area contributed by atoms with Crippen LogP contribution in [0.3, 0.4) is 0 Å². The van der Waals surface area contributed by atoms with Gasteiger partial charge in [0.15, 0.2) is 0 Å². The lowest BCUT2D eigenvalue weighted by Crippen LogP contribution is -2.52. The van der Waals surface area contributed by atoms with Crippen LogP contribution in [-0.2, 0) is 9.53 Å². The molecule has 2 rings (SSSR count). The van der Waals surface area contributed by atoms with Crippen LogP contribution in [0.2, 0.25) is 0 Å². The molecular weight excluding hydrogens is 192 g/mol. The van der Waals surface area contributed by atoms with Gasteiger partial charge in [0.25, 0.3) is 0 Å². The molecule has 0 radical (unpaired) electrons. The SMILES string of the molecule is CCC1(CNC(=O)C2COCCN2)CC1. The molecule has 1 saturated heterocycles. The summed E-state index contributed by atoms with van der Waals surface area (Å²) in [6, 6.07) is -0.147. The fourth-order valence-corrected chi connectivity index (χ4v) is 1.96. The van der Waals surface area contributed by atoms with Crippen molar-refractivity contribution in [2.75, 3.05) is 26.3 Å². The molecule has 1 heterocycles. The Balaban J connectivity index is 1.72.